The van der Waals surface area contributed by atoms with Crippen molar-refractivity contribution in [3.63, 3.8) is 0 Å². The van der Waals surface area contributed by atoms with Gasteiger partial charge in [0, 0.05) is 31.6 Å². The summed E-state index contributed by atoms with van der Waals surface area (Å²) in [4.78, 5) is 28.7. The molecule has 2 fully saturated rings. The van der Waals surface area contributed by atoms with Gasteiger partial charge in [0.15, 0.2) is 0 Å². The number of unbranched alkanes of at least 4 members (excludes halogenated alkanes) is 1. The van der Waals surface area contributed by atoms with E-state index in [0.717, 1.165) is 19.4 Å². The molecule has 2 heterocycles. The fraction of sp³-hybridized carbons (Fsp3) is 0.619. The standard InChI is InChI=1S/C21H30FN3O2/c22-19-8-2-1-7-17(19)15-25-16-18(9-10-20(25)26)21(27)23-11-3-4-12-24-13-5-6-14-24/h1-2,7-8,18H,3-6,9-16H2,(H,23,27). The van der Waals surface area contributed by atoms with E-state index < -0.39 is 0 Å². The number of nitrogens with zero attached hydrogens (tertiary/aromatic N) is 2. The number of carbonyl (C=O) groups excluding carboxylic acids is 2. The molecule has 2 aliphatic rings. The number of piperidine rings is 1. The lowest BCUT2D eigenvalue weighted by molar-refractivity contribution is -0.138. The summed E-state index contributed by atoms with van der Waals surface area (Å²) in [5.74, 6) is -0.502. The van der Waals surface area contributed by atoms with E-state index in [0.29, 0.717) is 31.5 Å². The lowest BCUT2D eigenvalue weighted by atomic mass is 9.96. The highest BCUT2D eigenvalue weighted by Crippen LogP contribution is 2.21. The first-order valence-electron chi connectivity index (χ1n) is 10.1. The summed E-state index contributed by atoms with van der Waals surface area (Å²) >= 11 is 0. The van der Waals surface area contributed by atoms with Gasteiger partial charge in [-0.2, -0.15) is 0 Å². The normalized spacial score (nSPS) is 20.9. The minimum Gasteiger partial charge on any atom is -0.356 e. The van der Waals surface area contributed by atoms with Gasteiger partial charge in [0.1, 0.15) is 5.82 Å². The summed E-state index contributed by atoms with van der Waals surface area (Å²) in [6.45, 7) is 4.81. The van der Waals surface area contributed by atoms with Crippen molar-refractivity contribution in [3.8, 4) is 0 Å². The summed E-state index contributed by atoms with van der Waals surface area (Å²) < 4.78 is 13.9. The molecule has 3 rings (SSSR count). The van der Waals surface area contributed by atoms with Crippen molar-refractivity contribution in [2.24, 2.45) is 5.92 Å². The third-order valence-electron chi connectivity index (χ3n) is 5.59. The van der Waals surface area contributed by atoms with E-state index >= 15 is 0 Å². The lowest BCUT2D eigenvalue weighted by Gasteiger charge is -2.32. The van der Waals surface area contributed by atoms with Crippen LogP contribution in [-0.2, 0) is 16.1 Å². The van der Waals surface area contributed by atoms with Gasteiger partial charge in [0.05, 0.1) is 5.92 Å². The summed E-state index contributed by atoms with van der Waals surface area (Å²) in [6.07, 6.45) is 5.62. The number of carbonyl (C=O) groups is 2. The van der Waals surface area contributed by atoms with Crippen molar-refractivity contribution in [2.75, 3.05) is 32.7 Å². The summed E-state index contributed by atoms with van der Waals surface area (Å²) in [7, 11) is 0. The molecule has 0 aliphatic carbocycles. The minimum atomic E-state index is -0.310. The first-order valence-corrected chi connectivity index (χ1v) is 10.1. The van der Waals surface area contributed by atoms with E-state index in [2.05, 4.69) is 10.2 Å². The Morgan fingerprint density at radius 2 is 1.96 bits per heavy atom. The zero-order valence-electron chi connectivity index (χ0n) is 16.0. The molecule has 1 N–H and O–H groups in total. The van der Waals surface area contributed by atoms with E-state index in [4.69, 9.17) is 0 Å². The second-order valence-electron chi connectivity index (χ2n) is 7.65. The first kappa shape index (κ1) is 19.8. The Bertz CT molecular complexity index is 646. The molecular weight excluding hydrogens is 345 g/mol. The molecule has 0 radical (unpaired) electrons. The van der Waals surface area contributed by atoms with Crippen molar-refractivity contribution in [1.29, 1.82) is 0 Å². The highest BCUT2D eigenvalue weighted by atomic mass is 19.1. The number of nitrogens with one attached hydrogen (secondary N) is 1. The van der Waals surface area contributed by atoms with E-state index in [1.54, 1.807) is 23.1 Å². The molecule has 1 atom stereocenters. The minimum absolute atomic E-state index is 0.00656. The van der Waals surface area contributed by atoms with Crippen LogP contribution < -0.4 is 5.32 Å². The third kappa shape index (κ3) is 5.76. The number of likely N-dealkylation sites (tertiary alicyclic amines) is 2. The Labute approximate surface area is 160 Å². The average molecular weight is 375 g/mol. The topological polar surface area (TPSA) is 52.7 Å². The lowest BCUT2D eigenvalue weighted by Crippen LogP contribution is -2.45. The van der Waals surface area contributed by atoms with Crippen molar-refractivity contribution in [1.82, 2.24) is 15.1 Å². The molecule has 0 spiro atoms. The van der Waals surface area contributed by atoms with Crippen LogP contribution in [0.25, 0.3) is 0 Å². The Balaban J connectivity index is 1.40. The Kier molecular flexibility index (Phi) is 7.21. The maximum Gasteiger partial charge on any atom is 0.224 e. The van der Waals surface area contributed by atoms with Crippen LogP contribution in [0.2, 0.25) is 0 Å². The van der Waals surface area contributed by atoms with E-state index in [1.165, 1.54) is 32.0 Å². The molecule has 2 amide bonds. The van der Waals surface area contributed by atoms with E-state index in [9.17, 15) is 14.0 Å². The van der Waals surface area contributed by atoms with Crippen LogP contribution in [0.3, 0.4) is 0 Å². The fourth-order valence-electron chi connectivity index (χ4n) is 3.94. The molecule has 1 aromatic rings. The Morgan fingerprint density at radius 3 is 2.74 bits per heavy atom. The molecule has 0 bridgehead atoms. The van der Waals surface area contributed by atoms with Gasteiger partial charge in [-0.1, -0.05) is 18.2 Å². The molecule has 0 saturated carbocycles. The second kappa shape index (κ2) is 9.83. The number of halogens is 1. The van der Waals surface area contributed by atoms with Crippen LogP contribution in [0.1, 0.15) is 44.1 Å². The Hall–Kier alpha value is -1.95. The number of hydrogen-bond donors (Lipinski definition) is 1. The molecule has 1 aromatic carbocycles. The van der Waals surface area contributed by atoms with Crippen molar-refractivity contribution in [3.05, 3.63) is 35.6 Å². The average Bonchev–Trinajstić information content (AvgIpc) is 3.18. The van der Waals surface area contributed by atoms with Gasteiger partial charge in [-0.15, -0.1) is 0 Å². The predicted molar refractivity (Wildman–Crippen MR) is 102 cm³/mol. The number of hydrogen-bond acceptors (Lipinski definition) is 3. The SMILES string of the molecule is O=C(NCCCCN1CCCC1)C1CCC(=O)N(Cc2ccccc2F)C1. The molecule has 2 aliphatic heterocycles. The van der Waals surface area contributed by atoms with Crippen LogP contribution in [0.4, 0.5) is 4.39 Å². The predicted octanol–water partition coefficient (Wildman–Crippen LogP) is 2.56. The van der Waals surface area contributed by atoms with Crippen molar-refractivity contribution in [2.45, 2.75) is 45.1 Å². The van der Waals surface area contributed by atoms with Gasteiger partial charge < -0.3 is 15.1 Å². The third-order valence-corrected chi connectivity index (χ3v) is 5.59. The molecule has 6 heteroatoms. The van der Waals surface area contributed by atoms with Gasteiger partial charge in [-0.05, 0) is 57.8 Å². The highest BCUT2D eigenvalue weighted by molar-refractivity contribution is 5.83. The number of amides is 2. The number of rotatable bonds is 8. The van der Waals surface area contributed by atoms with Gasteiger partial charge in [0.2, 0.25) is 11.8 Å². The van der Waals surface area contributed by atoms with E-state index in [1.807, 2.05) is 0 Å². The van der Waals surface area contributed by atoms with Crippen LogP contribution >= 0.6 is 0 Å². The van der Waals surface area contributed by atoms with Crippen molar-refractivity contribution >= 4 is 11.8 Å². The zero-order valence-corrected chi connectivity index (χ0v) is 16.0. The summed E-state index contributed by atoms with van der Waals surface area (Å²) in [5, 5.41) is 3.02. The summed E-state index contributed by atoms with van der Waals surface area (Å²) in [6, 6.07) is 6.48. The van der Waals surface area contributed by atoms with E-state index in [-0.39, 0.29) is 30.1 Å². The largest absolute Gasteiger partial charge is 0.356 e. The molecule has 5 nitrogen and oxygen atoms in total. The van der Waals surface area contributed by atoms with Gasteiger partial charge in [0.25, 0.3) is 0 Å². The summed E-state index contributed by atoms with van der Waals surface area (Å²) in [5.41, 5.74) is 0.494. The first-order chi connectivity index (χ1) is 13.1. The monoisotopic (exact) mass is 375 g/mol. The number of benzene rings is 1. The fourth-order valence-corrected chi connectivity index (χ4v) is 3.94. The van der Waals surface area contributed by atoms with Crippen LogP contribution in [-0.4, -0.2) is 54.3 Å². The maximum atomic E-state index is 13.9. The zero-order chi connectivity index (χ0) is 19.1. The smallest absolute Gasteiger partial charge is 0.224 e. The highest BCUT2D eigenvalue weighted by Gasteiger charge is 2.30. The molecular formula is C21H30FN3O2. The van der Waals surface area contributed by atoms with Crippen molar-refractivity contribution < 1.29 is 14.0 Å². The van der Waals surface area contributed by atoms with Crippen LogP contribution in [0.5, 0.6) is 0 Å². The molecule has 0 aromatic heterocycles. The van der Waals surface area contributed by atoms with Gasteiger partial charge in [-0.25, -0.2) is 4.39 Å². The Morgan fingerprint density at radius 1 is 1.19 bits per heavy atom. The molecule has 2 saturated heterocycles. The molecule has 1 unspecified atom stereocenters. The quantitative estimate of drug-likeness (QED) is 0.711. The van der Waals surface area contributed by atoms with Gasteiger partial charge >= 0.3 is 0 Å². The second-order valence-corrected chi connectivity index (χ2v) is 7.65. The maximum absolute atomic E-state index is 13.9. The van der Waals surface area contributed by atoms with Crippen LogP contribution in [0, 0.1) is 11.7 Å². The molecule has 27 heavy (non-hydrogen) atoms. The van der Waals surface area contributed by atoms with Crippen LogP contribution in [0.15, 0.2) is 24.3 Å². The van der Waals surface area contributed by atoms with Gasteiger partial charge in [-0.3, -0.25) is 9.59 Å². The molecule has 148 valence electrons.